The first-order valence-electron chi connectivity index (χ1n) is 9.33. The fourth-order valence-electron chi connectivity index (χ4n) is 2.92. The summed E-state index contributed by atoms with van der Waals surface area (Å²) in [4.78, 5) is 20.0. The topological polar surface area (TPSA) is 93.3 Å². The monoisotopic (exact) mass is 473 g/mol. The minimum absolute atomic E-state index is 0.0173. The zero-order chi connectivity index (χ0) is 21.6. The van der Waals surface area contributed by atoms with Crippen LogP contribution in [0.3, 0.4) is 0 Å². The number of rotatable bonds is 6. The molecule has 0 amide bonds. The van der Waals surface area contributed by atoms with Gasteiger partial charge in [-0.2, -0.15) is 5.10 Å². The van der Waals surface area contributed by atoms with Crippen LogP contribution >= 0.6 is 15.9 Å². The van der Waals surface area contributed by atoms with E-state index in [0.717, 1.165) is 21.3 Å². The SMILES string of the molecule is O=[N+]([O-])c1ccccc1/C=N/Nc1cc(-c2ccccc2)nc(-c2ccc(Br)cc2)n1. The molecule has 152 valence electrons. The first-order chi connectivity index (χ1) is 15.1. The summed E-state index contributed by atoms with van der Waals surface area (Å²) < 4.78 is 0.961. The van der Waals surface area contributed by atoms with Crippen LogP contribution in [0.5, 0.6) is 0 Å². The molecule has 4 rings (SSSR count). The second-order valence-corrected chi connectivity index (χ2v) is 7.44. The molecule has 3 aromatic carbocycles. The van der Waals surface area contributed by atoms with Crippen molar-refractivity contribution in [2.45, 2.75) is 0 Å². The molecule has 0 saturated heterocycles. The van der Waals surface area contributed by atoms with Gasteiger partial charge in [0.2, 0.25) is 0 Å². The Morgan fingerprint density at radius 2 is 1.61 bits per heavy atom. The lowest BCUT2D eigenvalue weighted by Gasteiger charge is -2.08. The standard InChI is InChI=1S/C23H16BrN5O2/c24-19-12-10-17(11-13-19)23-26-20(16-6-2-1-3-7-16)14-22(27-23)28-25-15-18-8-4-5-9-21(18)29(30)31/h1-15H,(H,26,27,28)/b25-15+. The van der Waals surface area contributed by atoms with Gasteiger partial charge in [-0.05, 0) is 18.2 Å². The molecule has 8 heteroatoms. The molecule has 0 saturated carbocycles. The minimum Gasteiger partial charge on any atom is -0.261 e. The van der Waals surface area contributed by atoms with Gasteiger partial charge in [0, 0.05) is 27.7 Å². The molecule has 0 bridgehead atoms. The number of benzene rings is 3. The summed E-state index contributed by atoms with van der Waals surface area (Å²) in [5.41, 5.74) is 5.78. The van der Waals surface area contributed by atoms with Crippen molar-refractivity contribution >= 4 is 33.6 Å². The van der Waals surface area contributed by atoms with E-state index < -0.39 is 4.92 Å². The Morgan fingerprint density at radius 3 is 2.35 bits per heavy atom. The van der Waals surface area contributed by atoms with Crippen molar-refractivity contribution in [3.05, 3.63) is 105 Å². The average molecular weight is 474 g/mol. The quantitative estimate of drug-likeness (QED) is 0.213. The fraction of sp³-hybridized carbons (Fsp3) is 0. The van der Waals surface area contributed by atoms with Crippen molar-refractivity contribution in [3.8, 4) is 22.6 Å². The Hall–Kier alpha value is -3.91. The second kappa shape index (κ2) is 9.27. The molecule has 0 fully saturated rings. The number of hydrogen-bond donors (Lipinski definition) is 1. The average Bonchev–Trinajstić information content (AvgIpc) is 2.80. The lowest BCUT2D eigenvalue weighted by atomic mass is 10.1. The normalized spacial score (nSPS) is 10.9. The van der Waals surface area contributed by atoms with Crippen LogP contribution in [-0.4, -0.2) is 21.1 Å². The number of hydrazone groups is 1. The van der Waals surface area contributed by atoms with Gasteiger partial charge in [0.1, 0.15) is 0 Å². The summed E-state index contributed by atoms with van der Waals surface area (Å²) in [7, 11) is 0. The number of hydrogen-bond acceptors (Lipinski definition) is 6. The molecular formula is C23H16BrN5O2. The Morgan fingerprint density at radius 1 is 0.903 bits per heavy atom. The highest BCUT2D eigenvalue weighted by Gasteiger charge is 2.11. The van der Waals surface area contributed by atoms with Gasteiger partial charge in [-0.25, -0.2) is 9.97 Å². The first-order valence-corrected chi connectivity index (χ1v) is 10.1. The van der Waals surface area contributed by atoms with Crippen molar-refractivity contribution in [1.29, 1.82) is 0 Å². The zero-order valence-corrected chi connectivity index (χ0v) is 17.7. The summed E-state index contributed by atoms with van der Waals surface area (Å²) >= 11 is 3.44. The zero-order valence-electron chi connectivity index (χ0n) is 16.1. The third kappa shape index (κ3) is 4.99. The molecular weight excluding hydrogens is 458 g/mol. The Bertz CT molecular complexity index is 1240. The fourth-order valence-corrected chi connectivity index (χ4v) is 3.18. The van der Waals surface area contributed by atoms with Crippen LogP contribution in [0.4, 0.5) is 11.5 Å². The molecule has 7 nitrogen and oxygen atoms in total. The van der Waals surface area contributed by atoms with Crippen LogP contribution in [0.1, 0.15) is 5.56 Å². The van der Waals surface area contributed by atoms with Crippen LogP contribution < -0.4 is 5.43 Å². The molecule has 1 aromatic heterocycles. The molecule has 0 aliphatic carbocycles. The van der Waals surface area contributed by atoms with E-state index in [4.69, 9.17) is 4.98 Å². The van der Waals surface area contributed by atoms with Gasteiger partial charge in [-0.15, -0.1) is 0 Å². The smallest absolute Gasteiger partial charge is 0.261 e. The van der Waals surface area contributed by atoms with Crippen LogP contribution in [0.25, 0.3) is 22.6 Å². The predicted octanol–water partition coefficient (Wildman–Crippen LogP) is 5.93. The summed E-state index contributed by atoms with van der Waals surface area (Å²) in [6.45, 7) is 0. The summed E-state index contributed by atoms with van der Waals surface area (Å²) in [6, 6.07) is 25.6. The van der Waals surface area contributed by atoms with E-state index in [1.165, 1.54) is 12.3 Å². The first kappa shape index (κ1) is 20.4. The van der Waals surface area contributed by atoms with E-state index in [1.54, 1.807) is 24.3 Å². The maximum atomic E-state index is 11.2. The highest BCUT2D eigenvalue weighted by molar-refractivity contribution is 9.10. The van der Waals surface area contributed by atoms with Crippen molar-refractivity contribution < 1.29 is 4.92 Å². The summed E-state index contributed by atoms with van der Waals surface area (Å²) in [6.07, 6.45) is 1.40. The minimum atomic E-state index is -0.439. The predicted molar refractivity (Wildman–Crippen MR) is 125 cm³/mol. The number of anilines is 1. The second-order valence-electron chi connectivity index (χ2n) is 6.52. The molecule has 0 unspecified atom stereocenters. The van der Waals surface area contributed by atoms with E-state index >= 15 is 0 Å². The van der Waals surface area contributed by atoms with E-state index in [2.05, 4.69) is 31.4 Å². The number of para-hydroxylation sites is 1. The molecule has 0 aliphatic heterocycles. The van der Waals surface area contributed by atoms with Crippen LogP contribution in [0.15, 0.2) is 94.5 Å². The maximum absolute atomic E-state index is 11.2. The van der Waals surface area contributed by atoms with E-state index in [-0.39, 0.29) is 5.69 Å². The van der Waals surface area contributed by atoms with Gasteiger partial charge in [0.05, 0.1) is 22.4 Å². The van der Waals surface area contributed by atoms with Gasteiger partial charge in [0.15, 0.2) is 11.6 Å². The summed E-state index contributed by atoms with van der Waals surface area (Å²) in [5, 5.41) is 15.3. The molecule has 0 aliphatic rings. The maximum Gasteiger partial charge on any atom is 0.278 e. The number of nitro groups is 1. The number of nitro benzene ring substituents is 1. The highest BCUT2D eigenvalue weighted by Crippen LogP contribution is 2.25. The van der Waals surface area contributed by atoms with Gasteiger partial charge >= 0.3 is 0 Å². The molecule has 31 heavy (non-hydrogen) atoms. The number of nitrogens with zero attached hydrogens (tertiary/aromatic N) is 4. The molecule has 1 N–H and O–H groups in total. The van der Waals surface area contributed by atoms with Crippen LogP contribution in [0, 0.1) is 10.1 Å². The Balaban J connectivity index is 1.69. The lowest BCUT2D eigenvalue weighted by molar-refractivity contribution is -0.385. The van der Waals surface area contributed by atoms with Gasteiger partial charge in [0.25, 0.3) is 5.69 Å². The van der Waals surface area contributed by atoms with Crippen molar-refractivity contribution in [2.24, 2.45) is 5.10 Å². The Labute approximate surface area is 186 Å². The molecule has 1 heterocycles. The van der Waals surface area contributed by atoms with Gasteiger partial charge in [-0.1, -0.05) is 70.5 Å². The lowest BCUT2D eigenvalue weighted by Crippen LogP contribution is -2.00. The summed E-state index contributed by atoms with van der Waals surface area (Å²) in [5.74, 6) is 1.01. The van der Waals surface area contributed by atoms with Crippen molar-refractivity contribution in [1.82, 2.24) is 9.97 Å². The molecule has 0 spiro atoms. The van der Waals surface area contributed by atoms with Gasteiger partial charge in [-0.3, -0.25) is 15.5 Å². The van der Waals surface area contributed by atoms with Gasteiger partial charge < -0.3 is 0 Å². The van der Waals surface area contributed by atoms with Crippen LogP contribution in [-0.2, 0) is 0 Å². The van der Waals surface area contributed by atoms with Crippen molar-refractivity contribution in [3.63, 3.8) is 0 Å². The number of aromatic nitrogens is 2. The third-order valence-electron chi connectivity index (χ3n) is 4.41. The molecule has 4 aromatic rings. The van der Waals surface area contributed by atoms with E-state index in [1.807, 2.05) is 54.6 Å². The molecule has 0 atom stereocenters. The van der Waals surface area contributed by atoms with E-state index in [0.29, 0.717) is 17.2 Å². The third-order valence-corrected chi connectivity index (χ3v) is 4.94. The highest BCUT2D eigenvalue weighted by atomic mass is 79.9. The van der Waals surface area contributed by atoms with Crippen LogP contribution in [0.2, 0.25) is 0 Å². The Kier molecular flexibility index (Phi) is 6.09. The number of nitrogens with one attached hydrogen (secondary N) is 1. The molecule has 0 radical (unpaired) electrons. The van der Waals surface area contributed by atoms with E-state index in [9.17, 15) is 10.1 Å². The number of halogens is 1. The largest absolute Gasteiger partial charge is 0.278 e. The van der Waals surface area contributed by atoms with Crippen molar-refractivity contribution in [2.75, 3.05) is 5.43 Å².